The van der Waals surface area contributed by atoms with Crippen LogP contribution in [-0.2, 0) is 15.3 Å². The van der Waals surface area contributed by atoms with Gasteiger partial charge in [-0.25, -0.2) is 9.78 Å². The lowest BCUT2D eigenvalue weighted by Crippen LogP contribution is -2.35. The van der Waals surface area contributed by atoms with Crippen molar-refractivity contribution in [1.29, 1.82) is 5.26 Å². The first-order valence-electron chi connectivity index (χ1n) is 8.98. The van der Waals surface area contributed by atoms with E-state index in [-0.39, 0.29) is 12.1 Å². The van der Waals surface area contributed by atoms with Gasteiger partial charge in [-0.05, 0) is 31.2 Å². The molecule has 2 heterocycles. The average molecular weight is 422 g/mol. The first-order chi connectivity index (χ1) is 14.6. The highest BCUT2D eigenvalue weighted by molar-refractivity contribution is 7.98. The normalized spacial score (nSPS) is 10.3. The molecule has 0 bridgehead atoms. The van der Waals surface area contributed by atoms with Crippen molar-refractivity contribution >= 4 is 29.3 Å². The fourth-order valence-electron chi connectivity index (χ4n) is 2.57. The second-order valence-corrected chi connectivity index (χ2v) is 7.09. The molecule has 0 aliphatic carbocycles. The van der Waals surface area contributed by atoms with E-state index in [4.69, 9.17) is 14.5 Å². The average Bonchev–Trinajstić information content (AvgIpc) is 3.20. The number of ether oxygens (including phenoxy) is 1. The predicted octanol–water partition coefficient (Wildman–Crippen LogP) is 3.38. The molecule has 0 saturated heterocycles. The predicted molar refractivity (Wildman–Crippen MR) is 110 cm³/mol. The van der Waals surface area contributed by atoms with Crippen molar-refractivity contribution in [2.45, 2.75) is 17.7 Å². The minimum atomic E-state index is -0.666. The van der Waals surface area contributed by atoms with Gasteiger partial charge in [0.2, 0.25) is 0 Å². The molecule has 152 valence electrons. The molecule has 0 saturated carbocycles. The summed E-state index contributed by atoms with van der Waals surface area (Å²) in [4.78, 5) is 30.6. The van der Waals surface area contributed by atoms with Gasteiger partial charge in [0, 0.05) is 23.7 Å². The van der Waals surface area contributed by atoms with Crippen LogP contribution >= 0.6 is 11.8 Å². The molecule has 1 amide bonds. The number of aromatic nitrogens is 2. The van der Waals surface area contributed by atoms with Gasteiger partial charge in [0.15, 0.2) is 6.61 Å². The Morgan fingerprint density at radius 2 is 2.03 bits per heavy atom. The zero-order valence-electron chi connectivity index (χ0n) is 16.1. The number of hydrogen-bond acceptors (Lipinski definition) is 8. The van der Waals surface area contributed by atoms with Gasteiger partial charge >= 0.3 is 5.97 Å². The van der Waals surface area contributed by atoms with E-state index in [0.29, 0.717) is 22.2 Å². The van der Waals surface area contributed by atoms with Crippen LogP contribution in [0.2, 0.25) is 0 Å². The van der Waals surface area contributed by atoms with Gasteiger partial charge in [-0.2, -0.15) is 5.26 Å². The molecular weight excluding hydrogens is 404 g/mol. The van der Waals surface area contributed by atoms with E-state index in [0.717, 1.165) is 5.69 Å². The minimum absolute atomic E-state index is 0.147. The smallest absolute Gasteiger partial charge is 0.341 e. The summed E-state index contributed by atoms with van der Waals surface area (Å²) in [6.07, 6.45) is 1.57. The van der Waals surface area contributed by atoms with E-state index < -0.39 is 18.5 Å². The van der Waals surface area contributed by atoms with Crippen LogP contribution in [0.3, 0.4) is 0 Å². The first-order valence-corrected chi connectivity index (χ1v) is 9.96. The van der Waals surface area contributed by atoms with Crippen molar-refractivity contribution < 1.29 is 18.8 Å². The van der Waals surface area contributed by atoms with Gasteiger partial charge in [-0.15, -0.1) is 0 Å². The Labute approximate surface area is 177 Å². The summed E-state index contributed by atoms with van der Waals surface area (Å²) in [5.74, 6) is 0.00923. The Balaban J connectivity index is 1.64. The van der Waals surface area contributed by atoms with Gasteiger partial charge in [-0.3, -0.25) is 9.69 Å². The number of carbonyl (C=O) groups excluding carboxylic acids is 2. The van der Waals surface area contributed by atoms with Crippen molar-refractivity contribution in [3.63, 3.8) is 0 Å². The molecule has 2 aromatic heterocycles. The second-order valence-electron chi connectivity index (χ2n) is 6.12. The Morgan fingerprint density at radius 3 is 2.73 bits per heavy atom. The summed E-state index contributed by atoms with van der Waals surface area (Å²) in [5.41, 5.74) is 1.54. The highest BCUT2D eigenvalue weighted by atomic mass is 32.2. The lowest BCUT2D eigenvalue weighted by atomic mass is 10.3. The molecule has 30 heavy (non-hydrogen) atoms. The van der Waals surface area contributed by atoms with E-state index in [1.165, 1.54) is 16.7 Å². The topological polar surface area (TPSA) is 109 Å². The quantitative estimate of drug-likeness (QED) is 0.309. The van der Waals surface area contributed by atoms with Crippen LogP contribution in [-0.4, -0.2) is 35.2 Å². The molecule has 0 N–H and O–H groups in total. The summed E-state index contributed by atoms with van der Waals surface area (Å²) in [5, 5.41) is 13.4. The van der Waals surface area contributed by atoms with Crippen LogP contribution in [0.4, 0.5) is 5.69 Å². The molecule has 0 atom stereocenters. The third-order valence-corrected chi connectivity index (χ3v) is 4.99. The molecule has 9 heteroatoms. The monoisotopic (exact) mass is 422 g/mol. The number of aryl methyl sites for hydroxylation is 1. The summed E-state index contributed by atoms with van der Waals surface area (Å²) in [6, 6.07) is 15.7. The minimum Gasteiger partial charge on any atom is -0.452 e. The van der Waals surface area contributed by atoms with Crippen molar-refractivity contribution in [2.75, 3.05) is 18.1 Å². The third kappa shape index (κ3) is 5.46. The van der Waals surface area contributed by atoms with Crippen LogP contribution in [0, 0.1) is 18.3 Å². The molecule has 3 rings (SSSR count). The third-order valence-electron chi connectivity index (χ3n) is 3.95. The van der Waals surface area contributed by atoms with E-state index in [9.17, 15) is 9.59 Å². The SMILES string of the molecule is Cc1cc(CSc2ncccc2C(=O)OCC(=O)N(CC#N)c2ccccc2)no1. The zero-order valence-corrected chi connectivity index (χ0v) is 17.0. The van der Waals surface area contributed by atoms with Crippen molar-refractivity contribution in [3.8, 4) is 6.07 Å². The molecule has 1 aromatic carbocycles. The van der Waals surface area contributed by atoms with Crippen LogP contribution in [0.1, 0.15) is 21.8 Å². The fraction of sp³-hybridized carbons (Fsp3) is 0.190. The Kier molecular flexibility index (Phi) is 7.19. The largest absolute Gasteiger partial charge is 0.452 e. The number of benzene rings is 1. The molecule has 8 nitrogen and oxygen atoms in total. The number of rotatable bonds is 8. The molecule has 0 fully saturated rings. The Hall–Kier alpha value is -3.64. The number of nitriles is 1. The second kappa shape index (κ2) is 10.2. The van der Waals surface area contributed by atoms with Crippen molar-refractivity contribution in [2.24, 2.45) is 0 Å². The first kappa shape index (κ1) is 21.1. The number of esters is 1. The van der Waals surface area contributed by atoms with Gasteiger partial charge in [-0.1, -0.05) is 35.1 Å². The standard InChI is InChI=1S/C21H18N4O4S/c1-15-12-16(24-29-15)14-30-20-18(8-5-10-23-20)21(27)28-13-19(26)25(11-9-22)17-6-3-2-4-7-17/h2-8,10,12H,11,13-14H2,1H3. The number of para-hydroxylation sites is 1. The molecule has 0 spiro atoms. The Morgan fingerprint density at radius 1 is 1.23 bits per heavy atom. The number of pyridine rings is 1. The summed E-state index contributed by atoms with van der Waals surface area (Å²) >= 11 is 1.31. The zero-order chi connectivity index (χ0) is 21.3. The summed E-state index contributed by atoms with van der Waals surface area (Å²) < 4.78 is 10.2. The maximum Gasteiger partial charge on any atom is 0.341 e. The highest BCUT2D eigenvalue weighted by Crippen LogP contribution is 2.24. The molecular formula is C21H18N4O4S. The van der Waals surface area contributed by atoms with Crippen LogP contribution in [0.25, 0.3) is 0 Å². The van der Waals surface area contributed by atoms with Crippen LogP contribution in [0.15, 0.2) is 64.3 Å². The number of anilines is 1. The number of thioether (sulfide) groups is 1. The van der Waals surface area contributed by atoms with Gasteiger partial charge in [0.25, 0.3) is 5.91 Å². The summed E-state index contributed by atoms with van der Waals surface area (Å²) in [6.45, 7) is 1.16. The lowest BCUT2D eigenvalue weighted by Gasteiger charge is -2.19. The molecule has 3 aromatic rings. The van der Waals surface area contributed by atoms with Crippen molar-refractivity contribution in [3.05, 3.63) is 71.7 Å². The van der Waals surface area contributed by atoms with E-state index >= 15 is 0 Å². The Bertz CT molecular complexity index is 1060. The van der Waals surface area contributed by atoms with Gasteiger partial charge < -0.3 is 9.26 Å². The number of hydrogen-bond donors (Lipinski definition) is 0. The van der Waals surface area contributed by atoms with Gasteiger partial charge in [0.05, 0.1) is 17.3 Å². The fourth-order valence-corrected chi connectivity index (χ4v) is 3.44. The maximum absolute atomic E-state index is 12.6. The van der Waals surface area contributed by atoms with Gasteiger partial charge in [0.1, 0.15) is 17.3 Å². The molecule has 0 radical (unpaired) electrons. The lowest BCUT2D eigenvalue weighted by molar-refractivity contribution is -0.121. The highest BCUT2D eigenvalue weighted by Gasteiger charge is 2.20. The van der Waals surface area contributed by atoms with E-state index in [2.05, 4.69) is 10.1 Å². The van der Waals surface area contributed by atoms with Crippen LogP contribution in [0.5, 0.6) is 0 Å². The number of carbonyl (C=O) groups is 2. The van der Waals surface area contributed by atoms with E-state index in [1.807, 2.05) is 6.07 Å². The van der Waals surface area contributed by atoms with Crippen LogP contribution < -0.4 is 4.90 Å². The maximum atomic E-state index is 12.6. The number of amides is 1. The molecule has 0 aliphatic rings. The summed E-state index contributed by atoms with van der Waals surface area (Å²) in [7, 11) is 0. The molecule has 0 aliphatic heterocycles. The van der Waals surface area contributed by atoms with E-state index in [1.54, 1.807) is 61.7 Å². The number of nitrogens with zero attached hydrogens (tertiary/aromatic N) is 4. The molecule has 0 unspecified atom stereocenters. The van der Waals surface area contributed by atoms with Crippen molar-refractivity contribution in [1.82, 2.24) is 10.1 Å².